The highest BCUT2D eigenvalue weighted by Crippen LogP contribution is 2.40. The van der Waals surface area contributed by atoms with Gasteiger partial charge in [0.1, 0.15) is 12.9 Å². The van der Waals surface area contributed by atoms with Crippen LogP contribution in [0.4, 0.5) is 0 Å². The zero-order chi connectivity index (χ0) is 12.4. The summed E-state index contributed by atoms with van der Waals surface area (Å²) in [7, 11) is 1.50. The van der Waals surface area contributed by atoms with Gasteiger partial charge in [-0.25, -0.2) is 0 Å². The van der Waals surface area contributed by atoms with Crippen LogP contribution in [0.2, 0.25) is 0 Å². The van der Waals surface area contributed by atoms with Gasteiger partial charge in [-0.05, 0) is 51.1 Å². The molecule has 0 aromatic heterocycles. The maximum absolute atomic E-state index is 9.23. The summed E-state index contributed by atoms with van der Waals surface area (Å²) in [6.45, 7) is 0.0725. The molecule has 2 rings (SSSR count). The van der Waals surface area contributed by atoms with E-state index in [0.717, 1.165) is 11.8 Å². The fraction of sp³-hybridized carbons (Fsp3) is 0.909. The van der Waals surface area contributed by atoms with Crippen LogP contribution in [0.3, 0.4) is 0 Å². The summed E-state index contributed by atoms with van der Waals surface area (Å²) >= 11 is 3.27. The Hall–Kier alpha value is -0.100. The normalized spacial score (nSPS) is 30.6. The second kappa shape index (κ2) is 10.1. The number of nitrogens with two attached hydrogens (primary N) is 2. The van der Waals surface area contributed by atoms with Crippen molar-refractivity contribution in [1.82, 2.24) is 0 Å². The Morgan fingerprint density at radius 1 is 1.38 bits per heavy atom. The van der Waals surface area contributed by atoms with Crippen LogP contribution in [0, 0.1) is 11.8 Å². The van der Waals surface area contributed by atoms with E-state index in [0.29, 0.717) is 12.3 Å². The lowest BCUT2D eigenvalue weighted by atomic mass is 9.89. The van der Waals surface area contributed by atoms with Gasteiger partial charge in [-0.2, -0.15) is 0 Å². The van der Waals surface area contributed by atoms with E-state index >= 15 is 0 Å². The van der Waals surface area contributed by atoms with Crippen molar-refractivity contribution < 1.29 is 8.98 Å². The van der Waals surface area contributed by atoms with Gasteiger partial charge in [0.05, 0.1) is 0 Å². The first-order valence-corrected chi connectivity index (χ1v) is 6.17. The van der Waals surface area contributed by atoms with Gasteiger partial charge in [0.25, 0.3) is 0 Å². The van der Waals surface area contributed by atoms with Gasteiger partial charge < -0.3 is 20.4 Å². The maximum Gasteiger partial charge on any atom is 0.146 e. The van der Waals surface area contributed by atoms with Crippen molar-refractivity contribution in [2.45, 2.75) is 38.1 Å². The molecule has 0 amide bonds. The minimum Gasteiger partial charge on any atom is -0.333 e. The molecule has 0 aromatic carbocycles. The average Bonchev–Trinajstić information content (AvgIpc) is 2.57. The lowest BCUT2D eigenvalue weighted by molar-refractivity contribution is -0.109. The van der Waals surface area contributed by atoms with E-state index in [1.165, 1.54) is 39.2 Å². The van der Waals surface area contributed by atoms with Crippen LogP contribution in [0.5, 0.6) is 0 Å². The first-order valence-electron chi connectivity index (χ1n) is 5.81. The van der Waals surface area contributed by atoms with Crippen molar-refractivity contribution in [3.63, 3.8) is 0 Å². The molecule has 4 N–H and O–H groups in total. The van der Waals surface area contributed by atoms with Crippen molar-refractivity contribution in [3.05, 3.63) is 0 Å². The molecule has 3 atom stereocenters. The molecule has 2 saturated carbocycles. The predicted octanol–water partition coefficient (Wildman–Crippen LogP) is 1.15. The summed E-state index contributed by atoms with van der Waals surface area (Å²) in [5.41, 5.74) is 10.4. The van der Waals surface area contributed by atoms with Crippen LogP contribution < -0.4 is 11.5 Å². The molecule has 3 unspecified atom stereocenters. The van der Waals surface area contributed by atoms with Crippen molar-refractivity contribution >= 4 is 19.2 Å². The molecule has 2 aliphatic carbocycles. The molecule has 5 heteroatoms. The van der Waals surface area contributed by atoms with Crippen molar-refractivity contribution in [2.24, 2.45) is 23.3 Å². The minimum absolute atomic E-state index is 0.0725. The van der Waals surface area contributed by atoms with E-state index in [1.807, 2.05) is 0 Å². The van der Waals surface area contributed by atoms with Gasteiger partial charge in [0.15, 0.2) is 0 Å². The van der Waals surface area contributed by atoms with E-state index in [1.54, 1.807) is 0 Å². The number of carbonyl (C=O) groups excluding carboxylic acids is 1. The number of aldehydes is 1. The fourth-order valence-electron chi connectivity index (χ4n) is 2.54. The first kappa shape index (κ1) is 15.9. The summed E-state index contributed by atoms with van der Waals surface area (Å²) in [5.74, 6) is 1.92. The largest absolute Gasteiger partial charge is 0.333 e. The smallest absolute Gasteiger partial charge is 0.146 e. The first-order chi connectivity index (χ1) is 7.77. The Labute approximate surface area is 104 Å². The average molecular weight is 248 g/mol. The van der Waals surface area contributed by atoms with Gasteiger partial charge in [0.2, 0.25) is 0 Å². The SMILES string of the molecule is CN.NC1CC2CCCC1C2.O=CCOS. The lowest BCUT2D eigenvalue weighted by Gasteiger charge is -2.18. The quantitative estimate of drug-likeness (QED) is 0.389. The summed E-state index contributed by atoms with van der Waals surface area (Å²) in [5, 5.41) is 0. The van der Waals surface area contributed by atoms with Crippen molar-refractivity contribution in [3.8, 4) is 0 Å². The summed E-state index contributed by atoms with van der Waals surface area (Å²) in [6, 6.07) is 0.567. The zero-order valence-corrected chi connectivity index (χ0v) is 10.9. The number of carbonyl (C=O) groups is 1. The molecule has 0 heterocycles. The molecule has 0 saturated heterocycles. The molecule has 2 aliphatic rings. The van der Waals surface area contributed by atoms with Gasteiger partial charge in [0, 0.05) is 6.04 Å². The standard InChI is InChI=1S/C8H15N.C2H4O2S.CH5N/c9-8-5-6-2-1-3-7(8)4-6;3-1-2-4-5;1-2/h6-8H,1-5,9H2;1,5H,2H2;2H2,1H3. The van der Waals surface area contributed by atoms with Crippen LogP contribution in [0.1, 0.15) is 32.1 Å². The van der Waals surface area contributed by atoms with Gasteiger partial charge in [-0.1, -0.05) is 12.8 Å². The molecule has 16 heavy (non-hydrogen) atoms. The molecule has 4 nitrogen and oxygen atoms in total. The van der Waals surface area contributed by atoms with E-state index in [2.05, 4.69) is 22.8 Å². The minimum atomic E-state index is 0.0725. The Morgan fingerprint density at radius 2 is 2.06 bits per heavy atom. The molecule has 96 valence electrons. The maximum atomic E-state index is 9.23. The molecule has 0 aromatic rings. The summed E-state index contributed by atoms with van der Waals surface area (Å²) in [4.78, 5) is 9.23. The molecule has 0 aliphatic heterocycles. The Bertz CT molecular complexity index is 179. The third-order valence-electron chi connectivity index (χ3n) is 3.18. The van der Waals surface area contributed by atoms with Crippen LogP contribution in [-0.2, 0) is 8.98 Å². The van der Waals surface area contributed by atoms with Crippen molar-refractivity contribution in [2.75, 3.05) is 13.7 Å². The number of fused-ring (bicyclic) bond motifs is 2. The molecule has 0 radical (unpaired) electrons. The highest BCUT2D eigenvalue weighted by Gasteiger charge is 2.34. The zero-order valence-electron chi connectivity index (χ0n) is 9.97. The van der Waals surface area contributed by atoms with E-state index in [9.17, 15) is 4.79 Å². The number of hydrogen-bond acceptors (Lipinski definition) is 5. The molecular weight excluding hydrogens is 224 g/mol. The van der Waals surface area contributed by atoms with Gasteiger partial charge >= 0.3 is 0 Å². The predicted molar refractivity (Wildman–Crippen MR) is 69.2 cm³/mol. The summed E-state index contributed by atoms with van der Waals surface area (Å²) in [6.07, 6.45) is 7.73. The van der Waals surface area contributed by atoms with E-state index < -0.39 is 0 Å². The van der Waals surface area contributed by atoms with Crippen LogP contribution >= 0.6 is 12.9 Å². The molecular formula is C11H24N2O2S. The lowest BCUT2D eigenvalue weighted by Crippen LogP contribution is -2.23. The fourth-order valence-corrected chi connectivity index (χ4v) is 2.60. The molecule has 2 fully saturated rings. The third-order valence-corrected chi connectivity index (χ3v) is 3.33. The number of hydrogen-bond donors (Lipinski definition) is 3. The van der Waals surface area contributed by atoms with Gasteiger partial charge in [-0.3, -0.25) is 0 Å². The second-order valence-corrected chi connectivity index (χ2v) is 4.41. The third kappa shape index (κ3) is 5.84. The number of thiol groups is 1. The second-order valence-electron chi connectivity index (χ2n) is 4.15. The summed E-state index contributed by atoms with van der Waals surface area (Å²) < 4.78 is 4.02. The Kier molecular flexibility index (Phi) is 10.0. The Balaban J connectivity index is 0.000000280. The molecule has 2 bridgehead atoms. The Morgan fingerprint density at radius 3 is 2.44 bits per heavy atom. The highest BCUT2D eigenvalue weighted by molar-refractivity contribution is 7.75. The van der Waals surface area contributed by atoms with E-state index in [-0.39, 0.29) is 6.61 Å². The van der Waals surface area contributed by atoms with Crippen LogP contribution in [-0.4, -0.2) is 26.0 Å². The van der Waals surface area contributed by atoms with Gasteiger partial charge in [-0.15, -0.1) is 0 Å². The highest BCUT2D eigenvalue weighted by atomic mass is 32.1. The van der Waals surface area contributed by atoms with Crippen LogP contribution in [0.25, 0.3) is 0 Å². The van der Waals surface area contributed by atoms with E-state index in [4.69, 9.17) is 5.73 Å². The molecule has 0 spiro atoms. The monoisotopic (exact) mass is 248 g/mol. The number of rotatable bonds is 2. The van der Waals surface area contributed by atoms with Crippen LogP contribution in [0.15, 0.2) is 0 Å². The topological polar surface area (TPSA) is 78.3 Å². The van der Waals surface area contributed by atoms with Crippen molar-refractivity contribution in [1.29, 1.82) is 0 Å².